The highest BCUT2D eigenvalue weighted by atomic mass is 32.2. The van der Waals surface area contributed by atoms with Crippen LogP contribution in [0.4, 0.5) is 11.4 Å². The number of nitrogens with zero attached hydrogens (tertiary/aromatic N) is 3. The highest BCUT2D eigenvalue weighted by Crippen LogP contribution is 2.38. The first-order valence-corrected chi connectivity index (χ1v) is 15.3. The Bertz CT molecular complexity index is 1270. The van der Waals surface area contributed by atoms with Gasteiger partial charge in [-0.1, -0.05) is 30.3 Å². The number of likely N-dealkylation sites (tertiary alicyclic amines) is 1. The molecule has 5 rings (SSSR count). The fourth-order valence-electron chi connectivity index (χ4n) is 5.53. The minimum absolute atomic E-state index is 0.145. The first-order chi connectivity index (χ1) is 19.3. The fourth-order valence-corrected chi connectivity index (χ4v) is 6.74. The molecule has 0 radical (unpaired) electrons. The average molecular weight is 574 g/mol. The van der Waals surface area contributed by atoms with Gasteiger partial charge in [-0.05, 0) is 37.0 Å². The molecule has 3 aliphatic heterocycles. The Kier molecular flexibility index (Phi) is 9.11. The van der Waals surface area contributed by atoms with Crippen LogP contribution < -0.4 is 14.8 Å². The van der Waals surface area contributed by atoms with Gasteiger partial charge < -0.3 is 24.8 Å². The summed E-state index contributed by atoms with van der Waals surface area (Å²) in [6.07, 6.45) is 1.98. The Morgan fingerprint density at radius 1 is 1.20 bits per heavy atom. The predicted molar refractivity (Wildman–Crippen MR) is 153 cm³/mol. The zero-order valence-electron chi connectivity index (χ0n) is 22.9. The second-order valence-electron chi connectivity index (χ2n) is 10.5. The van der Waals surface area contributed by atoms with Gasteiger partial charge in [0.25, 0.3) is 5.91 Å². The maximum Gasteiger partial charge on any atom is 0.301 e. The summed E-state index contributed by atoms with van der Waals surface area (Å²) in [5.41, 5.74) is 3.04. The number of ether oxygens (including phenoxy) is 2. The fraction of sp³-hybridized carbons (Fsp3) is 0.536. The van der Waals surface area contributed by atoms with Gasteiger partial charge in [0, 0.05) is 51.9 Å². The molecule has 0 bridgehead atoms. The molecule has 218 valence electrons. The molecule has 2 aromatic carbocycles. The number of aliphatic hydroxyl groups excluding tert-OH is 1. The van der Waals surface area contributed by atoms with E-state index in [1.54, 1.807) is 24.1 Å². The quantitative estimate of drug-likeness (QED) is 0.392. The number of nitrogens with one attached hydrogen (secondary N) is 2. The van der Waals surface area contributed by atoms with E-state index in [0.717, 1.165) is 30.5 Å². The molecule has 0 saturated carbocycles. The Labute approximate surface area is 236 Å². The third kappa shape index (κ3) is 6.69. The van der Waals surface area contributed by atoms with Crippen molar-refractivity contribution >= 4 is 27.5 Å². The monoisotopic (exact) mass is 573 g/mol. The topological polar surface area (TPSA) is 124 Å². The Hall–Kier alpha value is -2.90. The highest BCUT2D eigenvalue weighted by molar-refractivity contribution is 7.90. The van der Waals surface area contributed by atoms with Crippen molar-refractivity contribution in [3.63, 3.8) is 0 Å². The number of benzene rings is 2. The minimum Gasteiger partial charge on any atom is -0.483 e. The molecule has 12 heteroatoms. The van der Waals surface area contributed by atoms with Gasteiger partial charge in [-0.15, -0.1) is 0 Å². The summed E-state index contributed by atoms with van der Waals surface area (Å²) in [4.78, 5) is 17.3. The van der Waals surface area contributed by atoms with Gasteiger partial charge in [-0.25, -0.2) is 0 Å². The first-order valence-electron chi connectivity index (χ1n) is 13.9. The van der Waals surface area contributed by atoms with E-state index in [1.807, 2.05) is 30.3 Å². The van der Waals surface area contributed by atoms with Gasteiger partial charge in [0.05, 0.1) is 36.7 Å². The molecular formula is C28H39N5O6S. The summed E-state index contributed by atoms with van der Waals surface area (Å²) >= 11 is 0. The molecule has 1 amide bonds. The molecule has 0 aromatic heterocycles. The van der Waals surface area contributed by atoms with E-state index in [4.69, 9.17) is 9.47 Å². The molecule has 2 saturated heterocycles. The predicted octanol–water partition coefficient (Wildman–Crippen LogP) is 1.68. The van der Waals surface area contributed by atoms with Gasteiger partial charge in [0.1, 0.15) is 5.75 Å². The van der Waals surface area contributed by atoms with Gasteiger partial charge in [0.2, 0.25) is 0 Å². The summed E-state index contributed by atoms with van der Waals surface area (Å²) in [5, 5.41) is 13.3. The van der Waals surface area contributed by atoms with E-state index < -0.39 is 10.2 Å². The number of aliphatic hydroxyl groups is 1. The average Bonchev–Trinajstić information content (AvgIpc) is 3.40. The Morgan fingerprint density at radius 3 is 2.70 bits per heavy atom. The van der Waals surface area contributed by atoms with Crippen molar-refractivity contribution in [2.75, 3.05) is 76.2 Å². The van der Waals surface area contributed by atoms with Crippen LogP contribution in [-0.4, -0.2) is 106 Å². The second-order valence-corrected chi connectivity index (χ2v) is 12.2. The molecule has 3 heterocycles. The molecule has 2 aromatic rings. The zero-order chi connectivity index (χ0) is 28.1. The van der Waals surface area contributed by atoms with Gasteiger partial charge in [-0.3, -0.25) is 14.4 Å². The van der Waals surface area contributed by atoms with Crippen LogP contribution in [0.3, 0.4) is 0 Å². The summed E-state index contributed by atoms with van der Waals surface area (Å²) in [6.45, 7) is 3.96. The number of morpholine rings is 1. The van der Waals surface area contributed by atoms with Crippen LogP contribution in [0.25, 0.3) is 0 Å². The molecule has 2 fully saturated rings. The summed E-state index contributed by atoms with van der Waals surface area (Å²) in [6, 6.07) is 13.1. The molecule has 2 atom stereocenters. The number of anilines is 2. The van der Waals surface area contributed by atoms with Crippen LogP contribution in [-0.2, 0) is 26.2 Å². The normalized spacial score (nSPS) is 20.8. The van der Waals surface area contributed by atoms with Crippen LogP contribution >= 0.6 is 0 Å². The maximum absolute atomic E-state index is 13.4. The van der Waals surface area contributed by atoms with Crippen LogP contribution in [0.5, 0.6) is 5.75 Å². The van der Waals surface area contributed by atoms with Crippen LogP contribution in [0.1, 0.15) is 30.0 Å². The number of carbonyl (C=O) groups is 1. The van der Waals surface area contributed by atoms with Crippen LogP contribution in [0.15, 0.2) is 42.5 Å². The van der Waals surface area contributed by atoms with Crippen molar-refractivity contribution in [1.29, 1.82) is 0 Å². The minimum atomic E-state index is -3.73. The molecule has 3 aliphatic rings. The van der Waals surface area contributed by atoms with E-state index in [9.17, 15) is 18.3 Å². The van der Waals surface area contributed by atoms with E-state index >= 15 is 0 Å². The zero-order valence-corrected chi connectivity index (χ0v) is 23.7. The van der Waals surface area contributed by atoms with Crippen molar-refractivity contribution < 1.29 is 27.8 Å². The summed E-state index contributed by atoms with van der Waals surface area (Å²) in [5.74, 6) is 0.403. The standard InChI is InChI=1S/C28H39N5O6S/c1-31(25(21-6-3-2-4-7-21)19-32-13-11-22(34)18-32)27(35)20-39-26-10-9-24(28-23(26)8-5-12-29-28)30-40(36,37)33-14-16-38-17-15-33/h2-4,6-7,9-10,22,25,29-30,34H,5,8,11-20H2,1H3/t22-,25?/m0/s1. The molecule has 40 heavy (non-hydrogen) atoms. The maximum atomic E-state index is 13.4. The first kappa shape index (κ1) is 28.6. The largest absolute Gasteiger partial charge is 0.483 e. The van der Waals surface area contributed by atoms with E-state index in [-0.39, 0.29) is 24.7 Å². The van der Waals surface area contributed by atoms with E-state index in [1.165, 1.54) is 4.31 Å². The Morgan fingerprint density at radius 2 is 1.98 bits per heavy atom. The van der Waals surface area contributed by atoms with Crippen molar-refractivity contribution in [3.05, 3.63) is 53.6 Å². The van der Waals surface area contributed by atoms with Crippen molar-refractivity contribution in [3.8, 4) is 5.75 Å². The number of likely N-dealkylation sites (N-methyl/N-ethyl adjacent to an activating group) is 1. The lowest BCUT2D eigenvalue weighted by Gasteiger charge is -2.32. The smallest absolute Gasteiger partial charge is 0.301 e. The van der Waals surface area contributed by atoms with Crippen molar-refractivity contribution in [1.82, 2.24) is 14.1 Å². The second kappa shape index (κ2) is 12.7. The summed E-state index contributed by atoms with van der Waals surface area (Å²) < 4.78 is 41.4. The third-order valence-corrected chi connectivity index (χ3v) is 9.32. The van der Waals surface area contributed by atoms with Gasteiger partial charge in [0.15, 0.2) is 6.61 Å². The SMILES string of the molecule is CN(C(=O)COc1ccc(NS(=O)(=O)N2CCOCC2)c2c1CCCN2)C(CN1CC[C@H](O)C1)c1ccccc1. The number of hydrogen-bond donors (Lipinski definition) is 3. The Balaban J connectivity index is 1.28. The molecule has 11 nitrogen and oxygen atoms in total. The number of fused-ring (bicyclic) bond motifs is 1. The van der Waals surface area contributed by atoms with Gasteiger partial charge >= 0.3 is 10.2 Å². The van der Waals surface area contributed by atoms with Crippen molar-refractivity contribution in [2.24, 2.45) is 0 Å². The molecule has 0 spiro atoms. The molecule has 1 unspecified atom stereocenters. The van der Waals surface area contributed by atoms with Gasteiger partial charge in [-0.2, -0.15) is 12.7 Å². The third-order valence-electron chi connectivity index (χ3n) is 7.80. The molecule has 3 N–H and O–H groups in total. The van der Waals surface area contributed by atoms with E-state index in [2.05, 4.69) is 14.9 Å². The number of rotatable bonds is 10. The van der Waals surface area contributed by atoms with Crippen molar-refractivity contribution in [2.45, 2.75) is 31.4 Å². The lowest BCUT2D eigenvalue weighted by molar-refractivity contribution is -0.134. The number of hydrogen-bond acceptors (Lipinski definition) is 8. The van der Waals surface area contributed by atoms with Crippen LogP contribution in [0.2, 0.25) is 0 Å². The lowest BCUT2D eigenvalue weighted by Crippen LogP contribution is -2.43. The number of amides is 1. The molecule has 0 aliphatic carbocycles. The molecular weight excluding hydrogens is 534 g/mol. The summed E-state index contributed by atoms with van der Waals surface area (Å²) in [7, 11) is -1.94. The highest BCUT2D eigenvalue weighted by Gasteiger charge is 2.30. The lowest BCUT2D eigenvalue weighted by atomic mass is 10.0. The van der Waals surface area contributed by atoms with E-state index in [0.29, 0.717) is 69.5 Å². The van der Waals surface area contributed by atoms with Crippen LogP contribution in [0, 0.1) is 0 Å². The number of β-amino-alcohol motifs (C(OH)–C–C–N with tert-alkyl or cyclic N) is 1. The number of carbonyl (C=O) groups excluding carboxylic acids is 1.